The SMILES string of the molecule is CC(C)(C)c1ccnc(-n2c3[c-]c(Oc4[c-]c(N5[CH-]N(c6c(-c7ccc(-c8ccc(C(C)(C)C)cc8C(C)(C)C)cc7)cccc6-c6ccc7c(c6)C(C)(C)CCC7(C)C)c6ccccc65)ccc4)ccc3c3ccccc32)c1.[Pt]. The van der Waals surface area contributed by atoms with Crippen LogP contribution in [0.15, 0.2) is 176 Å². The van der Waals surface area contributed by atoms with Crippen LogP contribution in [-0.4, -0.2) is 9.55 Å². The summed E-state index contributed by atoms with van der Waals surface area (Å²) in [4.78, 5) is 9.55. The zero-order valence-electron chi connectivity index (χ0n) is 48.7. The van der Waals surface area contributed by atoms with Gasteiger partial charge in [-0.05, 0) is 126 Å². The second kappa shape index (κ2) is 20.1. The fourth-order valence-electron chi connectivity index (χ4n) is 12.2. The van der Waals surface area contributed by atoms with Gasteiger partial charge >= 0.3 is 0 Å². The van der Waals surface area contributed by atoms with Crippen LogP contribution < -0.4 is 14.5 Å². The van der Waals surface area contributed by atoms with Gasteiger partial charge in [-0.2, -0.15) is 12.1 Å². The number of nitrogens with zero attached hydrogens (tertiary/aromatic N) is 4. The summed E-state index contributed by atoms with van der Waals surface area (Å²) in [6.07, 6.45) is 4.23. The molecule has 80 heavy (non-hydrogen) atoms. The molecule has 8 aromatic carbocycles. The number of hydrogen-bond donors (Lipinski definition) is 0. The molecule has 0 N–H and O–H groups in total. The van der Waals surface area contributed by atoms with Gasteiger partial charge in [0.25, 0.3) is 0 Å². The van der Waals surface area contributed by atoms with Gasteiger partial charge in [0.2, 0.25) is 0 Å². The minimum absolute atomic E-state index is 0. The van der Waals surface area contributed by atoms with E-state index < -0.39 is 0 Å². The largest absolute Gasteiger partial charge is 0.509 e. The molecule has 0 fully saturated rings. The molecular weight excluding hydrogens is 1160 g/mol. The summed E-state index contributed by atoms with van der Waals surface area (Å²) in [5.74, 6) is 2.05. The summed E-state index contributed by atoms with van der Waals surface area (Å²) in [6, 6.07) is 69.7. The maximum Gasteiger partial charge on any atom is 0.135 e. The number of pyridine rings is 1. The Kier molecular flexibility index (Phi) is 13.8. The van der Waals surface area contributed by atoms with Gasteiger partial charge in [-0.15, -0.1) is 48.1 Å². The summed E-state index contributed by atoms with van der Waals surface area (Å²) in [6.45, 7) is 32.5. The van der Waals surface area contributed by atoms with E-state index in [1.807, 2.05) is 18.3 Å². The maximum atomic E-state index is 6.77. The first-order valence-corrected chi connectivity index (χ1v) is 28.2. The molecule has 0 saturated heterocycles. The summed E-state index contributed by atoms with van der Waals surface area (Å²) in [5, 5.41) is 2.23. The molecule has 0 spiro atoms. The van der Waals surface area contributed by atoms with Crippen LogP contribution >= 0.6 is 0 Å². The van der Waals surface area contributed by atoms with E-state index in [4.69, 9.17) is 9.72 Å². The topological polar surface area (TPSA) is 33.5 Å². The summed E-state index contributed by atoms with van der Waals surface area (Å²) in [5.41, 5.74) is 20.3. The molecule has 0 amide bonds. The van der Waals surface area contributed by atoms with Crippen LogP contribution in [0.5, 0.6) is 11.5 Å². The normalized spacial score (nSPS) is 15.0. The second-order valence-corrected chi connectivity index (χ2v) is 26.5. The van der Waals surface area contributed by atoms with Gasteiger partial charge in [0, 0.05) is 72.5 Å². The molecule has 0 saturated carbocycles. The van der Waals surface area contributed by atoms with E-state index in [2.05, 4.69) is 281 Å². The number of benzene rings is 8. The van der Waals surface area contributed by atoms with Crippen molar-refractivity contribution >= 4 is 44.6 Å². The van der Waals surface area contributed by atoms with Crippen molar-refractivity contribution in [3.8, 4) is 50.7 Å². The van der Waals surface area contributed by atoms with Gasteiger partial charge in [0.1, 0.15) is 5.82 Å². The first-order chi connectivity index (χ1) is 37.5. The molecule has 1 aliphatic heterocycles. The number of ether oxygens (including phenoxy) is 1. The zero-order valence-corrected chi connectivity index (χ0v) is 51.0. The van der Waals surface area contributed by atoms with E-state index in [1.54, 1.807) is 0 Å². The molecule has 1 aliphatic carbocycles. The monoisotopic (exact) mass is 1230 g/mol. The van der Waals surface area contributed by atoms with E-state index in [-0.39, 0.29) is 48.1 Å². The molecular formula is C74H73N4OPt-3. The Morgan fingerprint density at radius 3 is 1.80 bits per heavy atom. The smallest absolute Gasteiger partial charge is 0.135 e. The minimum Gasteiger partial charge on any atom is -0.509 e. The maximum absolute atomic E-state index is 6.77. The fourth-order valence-corrected chi connectivity index (χ4v) is 12.2. The third-order valence-electron chi connectivity index (χ3n) is 16.9. The number of anilines is 4. The van der Waals surface area contributed by atoms with E-state index in [1.165, 1.54) is 56.5 Å². The summed E-state index contributed by atoms with van der Waals surface area (Å²) >= 11 is 0. The molecule has 5 nitrogen and oxygen atoms in total. The molecule has 2 aromatic heterocycles. The van der Waals surface area contributed by atoms with Gasteiger partial charge in [0.15, 0.2) is 0 Å². The Balaban J connectivity index is 0.00000675. The van der Waals surface area contributed by atoms with Crippen LogP contribution in [0, 0.1) is 18.8 Å². The number of fused-ring (bicyclic) bond motifs is 5. The van der Waals surface area contributed by atoms with Gasteiger partial charge in [-0.1, -0.05) is 205 Å². The van der Waals surface area contributed by atoms with Crippen molar-refractivity contribution in [2.24, 2.45) is 0 Å². The van der Waals surface area contributed by atoms with Crippen LogP contribution in [0.25, 0.3) is 61.0 Å². The molecule has 0 radical (unpaired) electrons. The molecule has 2 aliphatic rings. The van der Waals surface area contributed by atoms with Gasteiger partial charge in [-0.25, -0.2) is 4.98 Å². The van der Waals surface area contributed by atoms with E-state index >= 15 is 0 Å². The van der Waals surface area contributed by atoms with Crippen molar-refractivity contribution in [1.82, 2.24) is 9.55 Å². The Morgan fingerprint density at radius 2 is 1.10 bits per heavy atom. The molecule has 6 heteroatoms. The molecule has 12 rings (SSSR count). The first kappa shape index (κ1) is 54.7. The summed E-state index contributed by atoms with van der Waals surface area (Å²) < 4.78 is 8.98. The average molecular weight is 1230 g/mol. The van der Waals surface area contributed by atoms with Crippen LogP contribution in [0.1, 0.15) is 131 Å². The van der Waals surface area contributed by atoms with Crippen molar-refractivity contribution in [3.05, 3.63) is 223 Å². The Bertz CT molecular complexity index is 3990. The third kappa shape index (κ3) is 9.88. The molecule has 408 valence electrons. The number of hydrogen-bond acceptors (Lipinski definition) is 4. The predicted molar refractivity (Wildman–Crippen MR) is 332 cm³/mol. The van der Waals surface area contributed by atoms with Crippen molar-refractivity contribution in [3.63, 3.8) is 0 Å². The second-order valence-electron chi connectivity index (χ2n) is 26.5. The van der Waals surface area contributed by atoms with E-state index in [0.29, 0.717) is 11.5 Å². The van der Waals surface area contributed by atoms with Crippen LogP contribution in [0.4, 0.5) is 22.7 Å². The van der Waals surface area contributed by atoms with Crippen molar-refractivity contribution in [1.29, 1.82) is 0 Å². The van der Waals surface area contributed by atoms with Crippen molar-refractivity contribution in [2.75, 3.05) is 9.80 Å². The molecule has 0 bridgehead atoms. The summed E-state index contributed by atoms with van der Waals surface area (Å²) in [7, 11) is 0. The number of rotatable bonds is 8. The van der Waals surface area contributed by atoms with Gasteiger partial charge in [-0.3, -0.25) is 0 Å². The number of aromatic nitrogens is 2. The average Bonchev–Trinajstić information content (AvgIpc) is 4.01. The quantitative estimate of drug-likeness (QED) is 0.142. The molecule has 0 atom stereocenters. The molecule has 10 aromatic rings. The Morgan fingerprint density at radius 1 is 0.500 bits per heavy atom. The van der Waals surface area contributed by atoms with Crippen molar-refractivity contribution < 1.29 is 25.8 Å². The molecule has 0 unspecified atom stereocenters. The standard InChI is InChI=1S/C74H73N4O.Pt/c1-70(2,3)51-33-35-56(62(43-51)72(7,8)9)48-28-30-49(31-29-48)57-23-19-24-58(50-32-37-61-63(42-50)74(12,13)40-39-73(61,10)11)69(57)77-47-76(65-26-16-17-27-66(65)77)53-20-18-21-54(45-53)79-55-34-36-60-59-22-14-15-25-64(59)78(67(60)46-55)68-44-52(38-41-75-68)71(4,5)6;/h14-38,41-44,47H,39-40H2,1-13H3;/q-3;. The van der Waals surface area contributed by atoms with Crippen molar-refractivity contribution in [2.45, 2.75) is 130 Å². The van der Waals surface area contributed by atoms with Crippen LogP contribution in [0.2, 0.25) is 0 Å². The minimum atomic E-state index is -0.0364. The zero-order chi connectivity index (χ0) is 55.4. The first-order valence-electron chi connectivity index (χ1n) is 28.2. The van der Waals surface area contributed by atoms with Gasteiger partial charge < -0.3 is 19.1 Å². The fraction of sp³-hybridized carbons (Fsp3) is 0.270. The van der Waals surface area contributed by atoms with Gasteiger partial charge in [0.05, 0.1) is 0 Å². The Hall–Kier alpha value is -7.20. The van der Waals surface area contributed by atoms with E-state index in [0.717, 1.165) is 67.9 Å². The predicted octanol–water partition coefficient (Wildman–Crippen LogP) is 20.2. The van der Waals surface area contributed by atoms with E-state index in [9.17, 15) is 0 Å². The molecule has 3 heterocycles. The Labute approximate surface area is 490 Å². The van der Waals surface area contributed by atoms with Crippen LogP contribution in [-0.2, 0) is 48.1 Å². The third-order valence-corrected chi connectivity index (χ3v) is 16.9. The number of para-hydroxylation sites is 4. The van der Waals surface area contributed by atoms with Crippen LogP contribution in [0.3, 0.4) is 0 Å².